The number of hydrogen-bond acceptors (Lipinski definition) is 4. The number of nitrogens with one attached hydrogen (secondary N) is 1. The van der Waals surface area contributed by atoms with Crippen LogP contribution in [0.4, 0.5) is 0 Å². The van der Waals surface area contributed by atoms with Gasteiger partial charge in [-0.1, -0.05) is 0 Å². The van der Waals surface area contributed by atoms with Crippen molar-refractivity contribution in [3.8, 4) is 0 Å². The van der Waals surface area contributed by atoms with Gasteiger partial charge < -0.3 is 14.8 Å². The molecule has 0 radical (unpaired) electrons. The summed E-state index contributed by atoms with van der Waals surface area (Å²) in [6.07, 6.45) is 5.79. The summed E-state index contributed by atoms with van der Waals surface area (Å²) >= 11 is 0. The van der Waals surface area contributed by atoms with E-state index in [1.165, 1.54) is 39.2 Å². The summed E-state index contributed by atoms with van der Waals surface area (Å²) in [7, 11) is 1.61. The Labute approximate surface area is 143 Å². The first-order chi connectivity index (χ1) is 11.3. The van der Waals surface area contributed by atoms with E-state index >= 15 is 0 Å². The van der Waals surface area contributed by atoms with Gasteiger partial charge in [-0.25, -0.2) is 12.7 Å². The van der Waals surface area contributed by atoms with Crippen LogP contribution in [-0.2, 0) is 10.0 Å². The van der Waals surface area contributed by atoms with Crippen molar-refractivity contribution in [1.29, 1.82) is 0 Å². The summed E-state index contributed by atoms with van der Waals surface area (Å²) in [6, 6.07) is 1.43. The third-order valence-corrected chi connectivity index (χ3v) is 7.39. The fourth-order valence-electron chi connectivity index (χ4n) is 3.86. The Morgan fingerprint density at radius 3 is 2.42 bits per heavy atom. The Kier molecular flexibility index (Phi) is 4.48. The van der Waals surface area contributed by atoms with Gasteiger partial charge in [0.25, 0.3) is 5.91 Å². The van der Waals surface area contributed by atoms with Crippen LogP contribution in [0, 0.1) is 0 Å². The van der Waals surface area contributed by atoms with Gasteiger partial charge in [-0.05, 0) is 45.3 Å². The van der Waals surface area contributed by atoms with Gasteiger partial charge in [0.05, 0.1) is 0 Å². The lowest BCUT2D eigenvalue weighted by Crippen LogP contribution is -2.52. The van der Waals surface area contributed by atoms with E-state index in [4.69, 9.17) is 0 Å². The van der Waals surface area contributed by atoms with E-state index in [-0.39, 0.29) is 16.3 Å². The monoisotopic (exact) mass is 354 g/mol. The normalized spacial score (nSPS) is 21.8. The molecule has 3 rings (SSSR count). The molecule has 0 atom stereocenters. The van der Waals surface area contributed by atoms with Crippen LogP contribution in [-0.4, -0.2) is 79.7 Å². The summed E-state index contributed by atoms with van der Waals surface area (Å²) in [5.74, 6) is -0.120. The molecule has 0 unspecified atom stereocenters. The predicted octanol–water partition coefficient (Wildman–Crippen LogP) is 0.965. The molecule has 2 aliphatic heterocycles. The van der Waals surface area contributed by atoms with Crippen LogP contribution in [0.15, 0.2) is 17.2 Å². The molecular formula is C16H26N4O3S. The number of nitrogens with zero attached hydrogens (tertiary/aromatic N) is 3. The molecule has 0 aromatic carbocycles. The predicted molar refractivity (Wildman–Crippen MR) is 91.4 cm³/mol. The van der Waals surface area contributed by atoms with Gasteiger partial charge in [-0.2, -0.15) is 0 Å². The average Bonchev–Trinajstić information content (AvgIpc) is 3.16. The largest absolute Gasteiger partial charge is 0.356 e. The van der Waals surface area contributed by atoms with Gasteiger partial charge in [-0.15, -0.1) is 0 Å². The van der Waals surface area contributed by atoms with Crippen LogP contribution in [0.5, 0.6) is 0 Å². The standard InChI is InChI=1S/C16H26N4O3S/c1-18(2)24(22,23)13-11-14(17-12-13)15(21)20-9-6-16(7-10-20)5-4-8-19(16)3/h11-12,17H,4-10H2,1-3H3. The van der Waals surface area contributed by atoms with Gasteiger partial charge in [0.1, 0.15) is 10.6 Å². The molecule has 0 bridgehead atoms. The molecule has 1 spiro atoms. The van der Waals surface area contributed by atoms with Crippen molar-refractivity contribution in [3.63, 3.8) is 0 Å². The van der Waals surface area contributed by atoms with E-state index in [2.05, 4.69) is 16.9 Å². The fourth-order valence-corrected chi connectivity index (χ4v) is 4.76. The van der Waals surface area contributed by atoms with E-state index < -0.39 is 10.0 Å². The third-order valence-electron chi connectivity index (χ3n) is 5.59. The maximum atomic E-state index is 12.7. The number of carbonyl (C=O) groups excluding carboxylic acids is 1. The molecule has 2 aliphatic rings. The van der Waals surface area contributed by atoms with Crippen molar-refractivity contribution in [2.24, 2.45) is 0 Å². The summed E-state index contributed by atoms with van der Waals surface area (Å²) < 4.78 is 25.4. The average molecular weight is 354 g/mol. The molecule has 1 aromatic heterocycles. The second-order valence-corrected chi connectivity index (χ2v) is 9.23. The number of carbonyl (C=O) groups is 1. The molecule has 134 valence electrons. The summed E-state index contributed by atoms with van der Waals surface area (Å²) in [5.41, 5.74) is 0.595. The number of hydrogen-bond donors (Lipinski definition) is 1. The minimum atomic E-state index is -3.52. The Morgan fingerprint density at radius 1 is 1.21 bits per heavy atom. The second kappa shape index (κ2) is 6.16. The lowest BCUT2D eigenvalue weighted by atomic mass is 9.85. The SMILES string of the molecule is CN1CCCC12CCN(C(=O)c1cc(S(=O)(=O)N(C)C)c[nH]1)CC2. The van der Waals surface area contributed by atoms with E-state index in [1.807, 2.05) is 4.90 Å². The Bertz CT molecular complexity index is 717. The topological polar surface area (TPSA) is 76.7 Å². The molecule has 24 heavy (non-hydrogen) atoms. The van der Waals surface area contributed by atoms with Crippen molar-refractivity contribution < 1.29 is 13.2 Å². The Hall–Kier alpha value is -1.38. The van der Waals surface area contributed by atoms with E-state index in [1.54, 1.807) is 0 Å². The molecule has 1 N–H and O–H groups in total. The summed E-state index contributed by atoms with van der Waals surface area (Å²) in [5, 5.41) is 0. The molecule has 0 saturated carbocycles. The molecule has 7 nitrogen and oxygen atoms in total. The number of piperidine rings is 1. The lowest BCUT2D eigenvalue weighted by Gasteiger charge is -2.43. The van der Waals surface area contributed by atoms with E-state index in [0.29, 0.717) is 5.69 Å². The van der Waals surface area contributed by atoms with Crippen molar-refractivity contribution in [2.75, 3.05) is 40.8 Å². The van der Waals surface area contributed by atoms with Crippen LogP contribution in [0.2, 0.25) is 0 Å². The number of likely N-dealkylation sites (tertiary alicyclic amines) is 2. The van der Waals surface area contributed by atoms with Gasteiger partial charge in [0, 0.05) is 38.9 Å². The van der Waals surface area contributed by atoms with Gasteiger partial charge in [0.15, 0.2) is 0 Å². The quantitative estimate of drug-likeness (QED) is 0.877. The highest BCUT2D eigenvalue weighted by molar-refractivity contribution is 7.89. The van der Waals surface area contributed by atoms with Crippen LogP contribution >= 0.6 is 0 Å². The molecule has 1 amide bonds. The highest BCUT2D eigenvalue weighted by atomic mass is 32.2. The third kappa shape index (κ3) is 2.87. The van der Waals surface area contributed by atoms with Crippen LogP contribution in [0.25, 0.3) is 0 Å². The van der Waals surface area contributed by atoms with Crippen LogP contribution < -0.4 is 0 Å². The van der Waals surface area contributed by atoms with Crippen molar-refractivity contribution >= 4 is 15.9 Å². The van der Waals surface area contributed by atoms with Crippen molar-refractivity contribution in [1.82, 2.24) is 19.1 Å². The minimum absolute atomic E-state index is 0.120. The summed E-state index contributed by atoms with van der Waals surface area (Å²) in [6.45, 7) is 2.58. The Morgan fingerprint density at radius 2 is 1.88 bits per heavy atom. The number of rotatable bonds is 3. The number of amides is 1. The molecule has 2 fully saturated rings. The lowest BCUT2D eigenvalue weighted by molar-refractivity contribution is 0.0488. The van der Waals surface area contributed by atoms with Gasteiger partial charge in [0.2, 0.25) is 10.0 Å². The minimum Gasteiger partial charge on any atom is -0.356 e. The van der Waals surface area contributed by atoms with Crippen molar-refractivity contribution in [2.45, 2.75) is 36.1 Å². The highest BCUT2D eigenvalue weighted by Gasteiger charge is 2.42. The smallest absolute Gasteiger partial charge is 0.270 e. The highest BCUT2D eigenvalue weighted by Crippen LogP contribution is 2.37. The zero-order chi connectivity index (χ0) is 17.5. The summed E-state index contributed by atoms with van der Waals surface area (Å²) in [4.78, 5) is 19.9. The molecule has 1 aromatic rings. The first-order valence-electron chi connectivity index (χ1n) is 8.38. The number of aromatic nitrogens is 1. The fraction of sp³-hybridized carbons (Fsp3) is 0.688. The van der Waals surface area contributed by atoms with Gasteiger partial charge >= 0.3 is 0 Å². The van der Waals surface area contributed by atoms with Crippen LogP contribution in [0.1, 0.15) is 36.2 Å². The number of aromatic amines is 1. The molecular weight excluding hydrogens is 328 g/mol. The second-order valence-electron chi connectivity index (χ2n) is 7.08. The maximum absolute atomic E-state index is 12.7. The van der Waals surface area contributed by atoms with Gasteiger partial charge in [-0.3, -0.25) is 4.79 Å². The maximum Gasteiger partial charge on any atom is 0.270 e. The van der Waals surface area contributed by atoms with Crippen molar-refractivity contribution in [3.05, 3.63) is 18.0 Å². The van der Waals surface area contributed by atoms with E-state index in [9.17, 15) is 13.2 Å². The number of H-pyrrole nitrogens is 1. The zero-order valence-electron chi connectivity index (χ0n) is 14.6. The van der Waals surface area contributed by atoms with E-state index in [0.717, 1.165) is 36.8 Å². The Balaban J connectivity index is 1.69. The molecule has 0 aliphatic carbocycles. The zero-order valence-corrected chi connectivity index (χ0v) is 15.4. The first kappa shape index (κ1) is 17.4. The first-order valence-corrected chi connectivity index (χ1v) is 9.82. The molecule has 8 heteroatoms. The molecule has 3 heterocycles. The molecule has 2 saturated heterocycles. The van der Waals surface area contributed by atoms with Crippen LogP contribution in [0.3, 0.4) is 0 Å². The number of sulfonamides is 1.